The van der Waals surface area contributed by atoms with Gasteiger partial charge in [-0.2, -0.15) is 0 Å². The molecule has 2 rings (SSSR count). The standard InChI is InChI=1S/C15H20O/c1-2-12-9-6-10-14(11-16)15(12)13-7-4-3-5-8-13/h6,9-11,13H,2-5,7-8H2,1H3. The Kier molecular flexibility index (Phi) is 3.76. The number of hydrogen-bond donors (Lipinski definition) is 0. The van der Waals surface area contributed by atoms with Crippen LogP contribution in [0.3, 0.4) is 0 Å². The zero-order chi connectivity index (χ0) is 11.4. The van der Waals surface area contributed by atoms with Crippen LogP contribution < -0.4 is 0 Å². The van der Waals surface area contributed by atoms with Crippen LogP contribution in [-0.2, 0) is 6.42 Å². The zero-order valence-electron chi connectivity index (χ0n) is 10.0. The zero-order valence-corrected chi connectivity index (χ0v) is 10.0. The highest BCUT2D eigenvalue weighted by molar-refractivity contribution is 5.78. The van der Waals surface area contributed by atoms with E-state index in [1.807, 2.05) is 12.1 Å². The number of rotatable bonds is 3. The van der Waals surface area contributed by atoms with Gasteiger partial charge in [0.25, 0.3) is 0 Å². The monoisotopic (exact) mass is 216 g/mol. The SMILES string of the molecule is CCc1cccc(C=O)c1C1CCCCC1. The molecule has 1 fully saturated rings. The first-order valence-electron chi connectivity index (χ1n) is 6.43. The summed E-state index contributed by atoms with van der Waals surface area (Å²) in [5, 5.41) is 0. The molecule has 0 N–H and O–H groups in total. The van der Waals surface area contributed by atoms with E-state index in [1.165, 1.54) is 43.2 Å². The Morgan fingerprint density at radius 3 is 2.62 bits per heavy atom. The first kappa shape index (κ1) is 11.4. The van der Waals surface area contributed by atoms with Crippen molar-refractivity contribution in [1.82, 2.24) is 0 Å². The van der Waals surface area contributed by atoms with E-state index in [-0.39, 0.29) is 0 Å². The normalized spacial score (nSPS) is 17.3. The molecule has 0 radical (unpaired) electrons. The molecule has 1 nitrogen and oxygen atoms in total. The van der Waals surface area contributed by atoms with Crippen LogP contribution in [0.15, 0.2) is 18.2 Å². The van der Waals surface area contributed by atoms with E-state index in [0.717, 1.165) is 18.3 Å². The van der Waals surface area contributed by atoms with Crippen molar-refractivity contribution in [2.75, 3.05) is 0 Å². The lowest BCUT2D eigenvalue weighted by molar-refractivity contribution is 0.112. The van der Waals surface area contributed by atoms with Gasteiger partial charge in [-0.1, -0.05) is 44.4 Å². The summed E-state index contributed by atoms with van der Waals surface area (Å²) < 4.78 is 0. The van der Waals surface area contributed by atoms with Gasteiger partial charge in [0, 0.05) is 5.56 Å². The van der Waals surface area contributed by atoms with E-state index in [4.69, 9.17) is 0 Å². The molecule has 1 heteroatoms. The molecule has 0 atom stereocenters. The average Bonchev–Trinajstić information content (AvgIpc) is 2.38. The van der Waals surface area contributed by atoms with Crippen LogP contribution in [0.2, 0.25) is 0 Å². The molecular weight excluding hydrogens is 196 g/mol. The predicted octanol–water partition coefficient (Wildman–Crippen LogP) is 4.11. The predicted molar refractivity (Wildman–Crippen MR) is 67.0 cm³/mol. The highest BCUT2D eigenvalue weighted by atomic mass is 16.1. The maximum atomic E-state index is 11.1. The summed E-state index contributed by atoms with van der Waals surface area (Å²) in [6.07, 6.45) is 8.59. The van der Waals surface area contributed by atoms with Gasteiger partial charge in [-0.25, -0.2) is 0 Å². The van der Waals surface area contributed by atoms with Crippen molar-refractivity contribution in [3.8, 4) is 0 Å². The van der Waals surface area contributed by atoms with E-state index < -0.39 is 0 Å². The van der Waals surface area contributed by atoms with Crippen LogP contribution in [0.1, 0.15) is 66.4 Å². The van der Waals surface area contributed by atoms with Gasteiger partial charge < -0.3 is 0 Å². The van der Waals surface area contributed by atoms with Crippen LogP contribution in [0, 0.1) is 0 Å². The second-order valence-corrected chi connectivity index (χ2v) is 4.73. The summed E-state index contributed by atoms with van der Waals surface area (Å²) in [6, 6.07) is 6.15. The van der Waals surface area contributed by atoms with Gasteiger partial charge in [0.1, 0.15) is 6.29 Å². The summed E-state index contributed by atoms with van der Waals surface area (Å²) in [5.74, 6) is 0.630. The van der Waals surface area contributed by atoms with E-state index in [1.54, 1.807) is 0 Å². The molecule has 0 saturated heterocycles. The van der Waals surface area contributed by atoms with Crippen LogP contribution in [0.25, 0.3) is 0 Å². The van der Waals surface area contributed by atoms with Gasteiger partial charge in [-0.05, 0) is 36.3 Å². The number of carbonyl (C=O) groups excluding carboxylic acids is 1. The van der Waals surface area contributed by atoms with Gasteiger partial charge in [0.2, 0.25) is 0 Å². The first-order chi connectivity index (χ1) is 7.86. The van der Waals surface area contributed by atoms with Crippen LogP contribution in [0.5, 0.6) is 0 Å². The van der Waals surface area contributed by atoms with Crippen molar-refractivity contribution in [2.24, 2.45) is 0 Å². The lowest BCUT2D eigenvalue weighted by atomic mass is 9.79. The van der Waals surface area contributed by atoms with Crippen LogP contribution in [0.4, 0.5) is 0 Å². The summed E-state index contributed by atoms with van der Waals surface area (Å²) in [6.45, 7) is 2.18. The smallest absolute Gasteiger partial charge is 0.150 e. The van der Waals surface area contributed by atoms with Gasteiger partial charge in [0.05, 0.1) is 0 Å². The maximum absolute atomic E-state index is 11.1. The van der Waals surface area contributed by atoms with E-state index in [2.05, 4.69) is 13.0 Å². The van der Waals surface area contributed by atoms with Gasteiger partial charge in [0.15, 0.2) is 0 Å². The van der Waals surface area contributed by atoms with Crippen molar-refractivity contribution in [3.05, 3.63) is 34.9 Å². The third-order valence-electron chi connectivity index (χ3n) is 3.75. The molecule has 1 saturated carbocycles. The number of aryl methyl sites for hydroxylation is 1. The molecule has 0 aromatic heterocycles. The summed E-state index contributed by atoms with van der Waals surface area (Å²) in [5.41, 5.74) is 3.64. The van der Waals surface area contributed by atoms with E-state index in [9.17, 15) is 4.79 Å². The summed E-state index contributed by atoms with van der Waals surface area (Å²) >= 11 is 0. The van der Waals surface area contributed by atoms with Crippen molar-refractivity contribution in [2.45, 2.75) is 51.4 Å². The van der Waals surface area contributed by atoms with Gasteiger partial charge in [-0.15, -0.1) is 0 Å². The van der Waals surface area contributed by atoms with Crippen molar-refractivity contribution in [3.63, 3.8) is 0 Å². The molecule has 0 bridgehead atoms. The second kappa shape index (κ2) is 5.29. The molecule has 1 aromatic rings. The minimum Gasteiger partial charge on any atom is -0.298 e. The molecule has 0 aliphatic heterocycles. The molecule has 0 amide bonds. The number of aldehydes is 1. The van der Waals surface area contributed by atoms with Gasteiger partial charge in [-0.3, -0.25) is 4.79 Å². The maximum Gasteiger partial charge on any atom is 0.150 e. The molecule has 0 unspecified atom stereocenters. The fourth-order valence-corrected chi connectivity index (χ4v) is 2.93. The molecule has 16 heavy (non-hydrogen) atoms. The first-order valence-corrected chi connectivity index (χ1v) is 6.43. The lowest BCUT2D eigenvalue weighted by Gasteiger charge is -2.25. The Balaban J connectivity index is 2.38. The molecule has 1 aromatic carbocycles. The summed E-state index contributed by atoms with van der Waals surface area (Å²) in [7, 11) is 0. The van der Waals surface area contributed by atoms with Crippen LogP contribution >= 0.6 is 0 Å². The van der Waals surface area contributed by atoms with Crippen LogP contribution in [-0.4, -0.2) is 6.29 Å². The fraction of sp³-hybridized carbons (Fsp3) is 0.533. The highest BCUT2D eigenvalue weighted by Gasteiger charge is 2.20. The van der Waals surface area contributed by atoms with Crippen molar-refractivity contribution >= 4 is 6.29 Å². The van der Waals surface area contributed by atoms with E-state index in [0.29, 0.717) is 5.92 Å². The number of hydrogen-bond acceptors (Lipinski definition) is 1. The third kappa shape index (κ3) is 2.18. The number of carbonyl (C=O) groups is 1. The Morgan fingerprint density at radius 1 is 1.25 bits per heavy atom. The Bertz CT molecular complexity index is 362. The third-order valence-corrected chi connectivity index (χ3v) is 3.75. The van der Waals surface area contributed by atoms with Crippen molar-refractivity contribution in [1.29, 1.82) is 0 Å². The highest BCUT2D eigenvalue weighted by Crippen LogP contribution is 2.36. The Morgan fingerprint density at radius 2 is 2.00 bits per heavy atom. The minimum absolute atomic E-state index is 0.630. The molecule has 0 heterocycles. The van der Waals surface area contributed by atoms with Gasteiger partial charge >= 0.3 is 0 Å². The summed E-state index contributed by atoms with van der Waals surface area (Å²) in [4.78, 5) is 11.1. The molecular formula is C15H20O. The molecule has 1 aliphatic carbocycles. The molecule has 86 valence electrons. The molecule has 0 spiro atoms. The number of benzene rings is 1. The lowest BCUT2D eigenvalue weighted by Crippen LogP contribution is -2.10. The topological polar surface area (TPSA) is 17.1 Å². The second-order valence-electron chi connectivity index (χ2n) is 4.73. The Labute approximate surface area is 97.9 Å². The average molecular weight is 216 g/mol. The fourth-order valence-electron chi connectivity index (χ4n) is 2.93. The quantitative estimate of drug-likeness (QED) is 0.695. The van der Waals surface area contributed by atoms with Crippen molar-refractivity contribution < 1.29 is 4.79 Å². The molecule has 1 aliphatic rings. The minimum atomic E-state index is 0.630. The Hall–Kier alpha value is -1.11. The largest absolute Gasteiger partial charge is 0.298 e. The van der Waals surface area contributed by atoms with E-state index >= 15 is 0 Å².